The Morgan fingerprint density at radius 3 is 2.50 bits per heavy atom. The predicted molar refractivity (Wildman–Crippen MR) is 77.8 cm³/mol. The van der Waals surface area contributed by atoms with Gasteiger partial charge in [0.25, 0.3) is 0 Å². The van der Waals surface area contributed by atoms with Crippen LogP contribution in [0.15, 0.2) is 0 Å². The molecule has 0 spiro atoms. The summed E-state index contributed by atoms with van der Waals surface area (Å²) in [6.07, 6.45) is 4.32. The van der Waals surface area contributed by atoms with E-state index in [2.05, 4.69) is 5.32 Å². The zero-order valence-corrected chi connectivity index (χ0v) is 12.5. The molecule has 6 heteroatoms. The van der Waals surface area contributed by atoms with Gasteiger partial charge < -0.3 is 15.2 Å². The maximum atomic E-state index is 12.1. The van der Waals surface area contributed by atoms with Crippen molar-refractivity contribution in [2.75, 3.05) is 24.7 Å². The second kappa shape index (κ2) is 7.31. The number of hydrogen-bond donors (Lipinski definition) is 2. The van der Waals surface area contributed by atoms with Gasteiger partial charge >= 0.3 is 5.97 Å². The molecule has 5 nitrogen and oxygen atoms in total. The number of aliphatic carboxylic acids is 1. The summed E-state index contributed by atoms with van der Waals surface area (Å²) >= 11 is 1.75. The van der Waals surface area contributed by atoms with Gasteiger partial charge in [-0.05, 0) is 49.5 Å². The van der Waals surface area contributed by atoms with Gasteiger partial charge in [-0.1, -0.05) is 0 Å². The van der Waals surface area contributed by atoms with Gasteiger partial charge in [0.15, 0.2) is 0 Å². The molecule has 2 rings (SSSR count). The lowest BCUT2D eigenvalue weighted by Gasteiger charge is -2.34. The van der Waals surface area contributed by atoms with Gasteiger partial charge in [0.1, 0.15) is 5.54 Å². The molecule has 2 heterocycles. The fourth-order valence-corrected chi connectivity index (χ4v) is 4.00. The number of carbonyl (C=O) groups excluding carboxylic acids is 1. The number of amides is 1. The van der Waals surface area contributed by atoms with Crippen LogP contribution in [0.1, 0.15) is 38.5 Å². The minimum Gasteiger partial charge on any atom is -0.480 e. The van der Waals surface area contributed by atoms with Gasteiger partial charge in [0.2, 0.25) is 5.91 Å². The Morgan fingerprint density at radius 1 is 1.25 bits per heavy atom. The van der Waals surface area contributed by atoms with Gasteiger partial charge in [0, 0.05) is 19.6 Å². The van der Waals surface area contributed by atoms with Crippen molar-refractivity contribution < 1.29 is 19.4 Å². The average molecular weight is 301 g/mol. The molecular formula is C14H23NO4S. The Bertz CT molecular complexity index is 349. The van der Waals surface area contributed by atoms with Crippen molar-refractivity contribution in [1.82, 2.24) is 5.32 Å². The van der Waals surface area contributed by atoms with Gasteiger partial charge in [-0.15, -0.1) is 0 Å². The first kappa shape index (κ1) is 15.6. The molecule has 2 fully saturated rings. The van der Waals surface area contributed by atoms with Crippen molar-refractivity contribution in [2.24, 2.45) is 5.92 Å². The number of carboxylic acids is 1. The van der Waals surface area contributed by atoms with E-state index in [1.54, 1.807) is 11.8 Å². The average Bonchev–Trinajstić information content (AvgIpc) is 2.47. The summed E-state index contributed by atoms with van der Waals surface area (Å²) in [5.74, 6) is 1.12. The Morgan fingerprint density at radius 2 is 1.90 bits per heavy atom. The molecule has 0 saturated carbocycles. The minimum atomic E-state index is -1.03. The molecule has 2 saturated heterocycles. The molecule has 2 aliphatic rings. The van der Waals surface area contributed by atoms with Crippen LogP contribution in [0.5, 0.6) is 0 Å². The van der Waals surface area contributed by atoms with Crippen LogP contribution in [0.25, 0.3) is 0 Å². The van der Waals surface area contributed by atoms with E-state index in [-0.39, 0.29) is 5.91 Å². The van der Waals surface area contributed by atoms with Crippen molar-refractivity contribution in [1.29, 1.82) is 0 Å². The largest absolute Gasteiger partial charge is 0.480 e. The van der Waals surface area contributed by atoms with Crippen LogP contribution in [0.2, 0.25) is 0 Å². The van der Waals surface area contributed by atoms with Crippen molar-refractivity contribution >= 4 is 23.6 Å². The highest BCUT2D eigenvalue weighted by atomic mass is 32.2. The van der Waals surface area contributed by atoms with Crippen LogP contribution >= 0.6 is 11.8 Å². The number of thioether (sulfide) groups is 1. The van der Waals surface area contributed by atoms with E-state index in [1.165, 1.54) is 0 Å². The van der Waals surface area contributed by atoms with E-state index >= 15 is 0 Å². The monoisotopic (exact) mass is 301 g/mol. The third-order valence-corrected chi connectivity index (χ3v) is 5.24. The number of nitrogens with one attached hydrogen (secondary N) is 1. The van der Waals surface area contributed by atoms with Crippen molar-refractivity contribution in [3.63, 3.8) is 0 Å². The van der Waals surface area contributed by atoms with E-state index < -0.39 is 11.5 Å². The summed E-state index contributed by atoms with van der Waals surface area (Å²) in [5.41, 5.74) is -1.03. The highest BCUT2D eigenvalue weighted by molar-refractivity contribution is 7.99. The van der Waals surface area contributed by atoms with Crippen LogP contribution in [-0.2, 0) is 14.3 Å². The standard InChI is InChI=1S/C14H23NO4S/c16-12(2-1-11-3-7-19-8-4-11)15-14(13(17)18)5-9-20-10-6-14/h11H,1-10H2,(H,15,16)(H,17,18). The Balaban J connectivity index is 1.80. The van der Waals surface area contributed by atoms with E-state index in [4.69, 9.17) is 4.74 Å². The molecule has 114 valence electrons. The lowest BCUT2D eigenvalue weighted by Crippen LogP contribution is -2.56. The van der Waals surface area contributed by atoms with E-state index in [0.29, 0.717) is 25.2 Å². The fourth-order valence-electron chi connectivity index (χ4n) is 2.81. The molecule has 0 aliphatic carbocycles. The first-order chi connectivity index (χ1) is 9.62. The predicted octanol–water partition coefficient (Wildman–Crippen LogP) is 1.66. The molecule has 1 amide bonds. The normalized spacial score (nSPS) is 23.2. The lowest BCUT2D eigenvalue weighted by atomic mass is 9.91. The van der Waals surface area contributed by atoms with Crippen LogP contribution in [0.4, 0.5) is 0 Å². The number of carboxylic acid groups (broad SMARTS) is 1. The molecule has 0 aromatic carbocycles. The van der Waals surface area contributed by atoms with Crippen molar-refractivity contribution in [2.45, 2.75) is 44.1 Å². The summed E-state index contributed by atoms with van der Waals surface area (Å²) in [6, 6.07) is 0. The molecule has 0 atom stereocenters. The molecule has 0 unspecified atom stereocenters. The number of carbonyl (C=O) groups is 2. The van der Waals surface area contributed by atoms with Gasteiger partial charge in [-0.2, -0.15) is 11.8 Å². The second-order valence-corrected chi connectivity index (χ2v) is 6.87. The van der Waals surface area contributed by atoms with Crippen molar-refractivity contribution in [3.05, 3.63) is 0 Å². The molecule has 0 aromatic heterocycles. The SMILES string of the molecule is O=C(CCC1CCOCC1)NC1(C(=O)O)CCSCC1. The van der Waals surface area contributed by atoms with Crippen molar-refractivity contribution in [3.8, 4) is 0 Å². The van der Waals surface area contributed by atoms with Gasteiger partial charge in [0.05, 0.1) is 0 Å². The maximum Gasteiger partial charge on any atom is 0.329 e. The molecule has 0 radical (unpaired) electrons. The van der Waals surface area contributed by atoms with Crippen LogP contribution in [-0.4, -0.2) is 47.2 Å². The van der Waals surface area contributed by atoms with E-state index in [1.807, 2.05) is 0 Å². The highest BCUT2D eigenvalue weighted by Crippen LogP contribution is 2.28. The van der Waals surface area contributed by atoms with Crippen LogP contribution in [0, 0.1) is 5.92 Å². The summed E-state index contributed by atoms with van der Waals surface area (Å²) in [6.45, 7) is 1.56. The minimum absolute atomic E-state index is 0.120. The molecule has 0 bridgehead atoms. The summed E-state index contributed by atoms with van der Waals surface area (Å²) in [5, 5.41) is 12.2. The van der Waals surface area contributed by atoms with E-state index in [0.717, 1.165) is 44.0 Å². The quantitative estimate of drug-likeness (QED) is 0.807. The second-order valence-electron chi connectivity index (χ2n) is 5.64. The fraction of sp³-hybridized carbons (Fsp3) is 0.857. The Kier molecular flexibility index (Phi) is 5.72. The first-order valence-electron chi connectivity index (χ1n) is 7.32. The van der Waals surface area contributed by atoms with E-state index in [9.17, 15) is 14.7 Å². The zero-order chi connectivity index (χ0) is 14.4. The summed E-state index contributed by atoms with van der Waals surface area (Å²) < 4.78 is 5.29. The van der Waals surface area contributed by atoms with Gasteiger partial charge in [-0.25, -0.2) is 4.79 Å². The summed E-state index contributed by atoms with van der Waals surface area (Å²) in [7, 11) is 0. The summed E-state index contributed by atoms with van der Waals surface area (Å²) in [4.78, 5) is 23.5. The van der Waals surface area contributed by atoms with Crippen LogP contribution < -0.4 is 5.32 Å². The smallest absolute Gasteiger partial charge is 0.329 e. The number of ether oxygens (including phenoxy) is 1. The molecule has 2 aliphatic heterocycles. The molecule has 0 aromatic rings. The topological polar surface area (TPSA) is 75.6 Å². The number of hydrogen-bond acceptors (Lipinski definition) is 4. The third kappa shape index (κ3) is 4.12. The number of rotatable bonds is 5. The molecule has 20 heavy (non-hydrogen) atoms. The third-order valence-electron chi connectivity index (χ3n) is 4.25. The van der Waals surface area contributed by atoms with Crippen LogP contribution in [0.3, 0.4) is 0 Å². The maximum absolute atomic E-state index is 12.1. The van der Waals surface area contributed by atoms with Gasteiger partial charge in [-0.3, -0.25) is 4.79 Å². The lowest BCUT2D eigenvalue weighted by molar-refractivity contribution is -0.148. The zero-order valence-electron chi connectivity index (χ0n) is 11.7. The Hall–Kier alpha value is -0.750. The molecule has 2 N–H and O–H groups in total. The first-order valence-corrected chi connectivity index (χ1v) is 8.48. The highest BCUT2D eigenvalue weighted by Gasteiger charge is 2.41. The molecular weight excluding hydrogens is 278 g/mol. The Labute approximate surface area is 123 Å².